The molecule has 0 saturated carbocycles. The van der Waals surface area contributed by atoms with Gasteiger partial charge in [0.1, 0.15) is 53.6 Å². The van der Waals surface area contributed by atoms with E-state index >= 15 is 4.79 Å². The van der Waals surface area contributed by atoms with E-state index in [1.54, 1.807) is 48.1 Å². The number of fused-ring (bicyclic) bond motifs is 5. The van der Waals surface area contributed by atoms with Crippen LogP contribution in [0.3, 0.4) is 0 Å². The predicted octanol–water partition coefficient (Wildman–Crippen LogP) is 4.03. The van der Waals surface area contributed by atoms with Gasteiger partial charge in [0.15, 0.2) is 0 Å². The number of aromatic hydroxyl groups is 1. The summed E-state index contributed by atoms with van der Waals surface area (Å²) in [7, 11) is 0. The van der Waals surface area contributed by atoms with Gasteiger partial charge in [-0.25, -0.2) is 8.78 Å². The van der Waals surface area contributed by atoms with Crippen LogP contribution >= 0.6 is 23.5 Å². The first-order chi connectivity index (χ1) is 40.5. The van der Waals surface area contributed by atoms with Gasteiger partial charge in [-0.3, -0.25) is 38.4 Å². The summed E-state index contributed by atoms with van der Waals surface area (Å²) in [6.45, 7) is 1.52. The number of aromatic nitrogens is 2. The lowest BCUT2D eigenvalue weighted by Gasteiger charge is -2.30. The molecule has 12 N–H and O–H groups in total. The molecule has 4 aromatic carbocycles. The van der Waals surface area contributed by atoms with Gasteiger partial charge >= 0.3 is 0 Å². The molecule has 2 aliphatic heterocycles. The maximum atomic E-state index is 15.1. The Hall–Kier alpha value is -7.96. The van der Waals surface area contributed by atoms with Crippen molar-refractivity contribution in [3.63, 3.8) is 0 Å². The average Bonchev–Trinajstić information content (AvgIpc) is 3.40. The monoisotopic (exact) mass is 1190 g/mol. The van der Waals surface area contributed by atoms with Crippen molar-refractivity contribution < 1.29 is 52.2 Å². The molecule has 0 aliphatic carbocycles. The minimum absolute atomic E-state index is 0.0204. The Morgan fingerprint density at radius 2 is 1.23 bits per heavy atom. The number of benzene rings is 4. The molecule has 2 bridgehead atoms. The smallest absolute Gasteiger partial charge is 0.246 e. The number of carbonyl (C=O) groups is 8. The molecule has 1 fully saturated rings. The number of H-pyrrole nitrogens is 2. The molecular formula is C60H71F2N11O9S2. The normalized spacial score (nSPS) is 22.0. The number of amides is 8. The van der Waals surface area contributed by atoms with Crippen LogP contribution in [0.4, 0.5) is 8.78 Å². The number of thioether (sulfide) groups is 2. The number of hydrogen-bond acceptors (Lipinski definition) is 12. The SMILES string of the molecule is C[C@@H]1NC(=O)[C@@H]2CCCN2C(=O)[C@H](Cc2c[nH]c3ccc(F)cc23)NC(=O)[C@H](Cc2c[nH]c3ccc(F)cc23)NC(=O)CNC(=O)[C@H](CCCCN)NC(=O)CCSCc2cccc(c2)CSCCNC(=O)[C@H](Cc2ccc(O)cc2)NC1=O. The largest absolute Gasteiger partial charge is 0.508 e. The lowest BCUT2D eigenvalue weighted by atomic mass is 10.0. The molecular weight excluding hydrogens is 1120 g/mol. The summed E-state index contributed by atoms with van der Waals surface area (Å²) in [6.07, 6.45) is 4.69. The summed E-state index contributed by atoms with van der Waals surface area (Å²) in [5.74, 6) is -4.06. The van der Waals surface area contributed by atoms with Crippen molar-refractivity contribution >= 4 is 92.6 Å². The maximum absolute atomic E-state index is 15.1. The summed E-state index contributed by atoms with van der Waals surface area (Å²) in [5.41, 5.74) is 10.5. The molecule has 6 aromatic rings. The molecule has 0 radical (unpaired) electrons. The molecule has 2 aliphatic rings. The molecule has 6 atom stereocenters. The van der Waals surface area contributed by atoms with Gasteiger partial charge in [0.2, 0.25) is 47.3 Å². The number of nitrogens with zero attached hydrogens (tertiary/aromatic N) is 1. The zero-order valence-corrected chi connectivity index (χ0v) is 48.2. The van der Waals surface area contributed by atoms with E-state index in [4.69, 9.17) is 5.73 Å². The predicted molar refractivity (Wildman–Crippen MR) is 318 cm³/mol. The van der Waals surface area contributed by atoms with Crippen LogP contribution in [0.5, 0.6) is 5.75 Å². The van der Waals surface area contributed by atoms with Gasteiger partial charge in [0.05, 0.1) is 6.54 Å². The van der Waals surface area contributed by atoms with Crippen LogP contribution in [0.15, 0.2) is 97.3 Å². The number of nitrogens with two attached hydrogens (primary N) is 1. The highest BCUT2D eigenvalue weighted by Crippen LogP contribution is 2.26. The van der Waals surface area contributed by atoms with E-state index in [2.05, 4.69) is 53.3 Å². The lowest BCUT2D eigenvalue weighted by Crippen LogP contribution is -2.59. The van der Waals surface area contributed by atoms with Crippen LogP contribution in [0.2, 0.25) is 0 Å². The second-order valence-corrected chi connectivity index (χ2v) is 23.2. The van der Waals surface area contributed by atoms with Gasteiger partial charge in [-0.15, -0.1) is 0 Å². The van der Waals surface area contributed by atoms with Gasteiger partial charge in [-0.05, 0) is 122 Å². The number of nitrogens with one attached hydrogen (secondary N) is 9. The summed E-state index contributed by atoms with van der Waals surface area (Å²) >= 11 is 3.15. The Bertz CT molecular complexity index is 3320. The molecule has 4 heterocycles. The number of aromatic amines is 2. The zero-order chi connectivity index (χ0) is 59.7. The van der Waals surface area contributed by atoms with Crippen molar-refractivity contribution in [3.05, 3.63) is 137 Å². The maximum Gasteiger partial charge on any atom is 0.246 e. The lowest BCUT2D eigenvalue weighted by molar-refractivity contribution is -0.142. The summed E-state index contributed by atoms with van der Waals surface area (Å²) in [5, 5.41) is 30.1. The van der Waals surface area contributed by atoms with E-state index in [-0.39, 0.29) is 63.3 Å². The summed E-state index contributed by atoms with van der Waals surface area (Å²) < 4.78 is 29.5. The molecule has 24 heteroatoms. The number of carbonyl (C=O) groups excluding carboxylic acids is 8. The standard InChI is InChI=1S/C60H71F2N11O9S2/c1-35-55(77)71-49(25-36-10-14-43(74)15-11-36)57(79)64-20-23-84-34-38-7-4-6-37(24-38)33-83-22-18-53(75)69-48(8-2-3-19-63)56(78)67-32-54(76)70-50(26-39-30-65-46-16-12-41(61)28-44(39)46)58(80)72-51(60(82)73-21-5-9-52(73)59(81)68-35)27-40-31-66-47-17-13-42(62)29-45(40)47/h4,6-7,10-17,24,28-31,35,48-52,65-66,74H,2-3,5,8-9,18-23,25-27,32-34,63H2,1H3,(H,64,79)(H,67,78)(H,68,81)(H,69,75)(H,70,76)(H,71,77)(H,72,80)/t35-,48-,49-,50-,51-,52-/m0/s1. The first kappa shape index (κ1) is 62.1. The Kier molecular flexibility index (Phi) is 22.2. The van der Waals surface area contributed by atoms with Crippen molar-refractivity contribution in [2.75, 3.05) is 37.7 Å². The Labute approximate surface area is 493 Å². The third-order valence-electron chi connectivity index (χ3n) is 14.7. The van der Waals surface area contributed by atoms with Crippen molar-refractivity contribution in [1.29, 1.82) is 0 Å². The third-order valence-corrected chi connectivity index (χ3v) is 16.8. The molecule has 0 unspecified atom stereocenters. The van der Waals surface area contributed by atoms with Crippen LogP contribution in [-0.2, 0) is 69.1 Å². The molecule has 20 nitrogen and oxygen atoms in total. The van der Waals surface area contributed by atoms with Crippen LogP contribution in [0.25, 0.3) is 21.8 Å². The second kappa shape index (κ2) is 30.0. The average molecular weight is 1190 g/mol. The molecule has 446 valence electrons. The Morgan fingerprint density at radius 3 is 1.89 bits per heavy atom. The van der Waals surface area contributed by atoms with Gasteiger partial charge < -0.3 is 62.9 Å². The number of hydrogen-bond donors (Lipinski definition) is 11. The van der Waals surface area contributed by atoms with Gasteiger partial charge in [0, 0.05) is 96.0 Å². The van der Waals surface area contributed by atoms with Crippen molar-refractivity contribution in [3.8, 4) is 5.75 Å². The van der Waals surface area contributed by atoms with Crippen LogP contribution in [0.1, 0.15) is 73.3 Å². The molecule has 84 heavy (non-hydrogen) atoms. The number of phenolic OH excluding ortho intramolecular Hbond substituents is 1. The van der Waals surface area contributed by atoms with Crippen LogP contribution < -0.4 is 43.0 Å². The highest BCUT2D eigenvalue weighted by atomic mass is 32.2. The van der Waals surface area contributed by atoms with Crippen molar-refractivity contribution in [2.24, 2.45) is 5.73 Å². The Morgan fingerprint density at radius 1 is 0.619 bits per heavy atom. The molecule has 8 amide bonds. The quantitative estimate of drug-likeness (QED) is 0.0868. The van der Waals surface area contributed by atoms with E-state index < -0.39 is 95.8 Å². The topological polar surface area (TPSA) is 302 Å². The van der Waals surface area contributed by atoms with Gasteiger partial charge in [-0.1, -0.05) is 36.4 Å². The fourth-order valence-electron chi connectivity index (χ4n) is 10.3. The first-order valence-electron chi connectivity index (χ1n) is 28.1. The van der Waals surface area contributed by atoms with E-state index in [9.17, 15) is 47.4 Å². The van der Waals surface area contributed by atoms with Crippen LogP contribution in [-0.4, -0.2) is 141 Å². The molecule has 8 rings (SSSR count). The fraction of sp³-hybridized carbons (Fsp3) is 0.400. The minimum Gasteiger partial charge on any atom is -0.508 e. The van der Waals surface area contributed by atoms with E-state index in [1.807, 2.05) is 18.2 Å². The summed E-state index contributed by atoms with van der Waals surface area (Å²) in [6, 6.07) is 15.0. The van der Waals surface area contributed by atoms with Gasteiger partial charge in [0.25, 0.3) is 0 Å². The third kappa shape index (κ3) is 17.3. The highest BCUT2D eigenvalue weighted by molar-refractivity contribution is 7.98. The fourth-order valence-corrected chi connectivity index (χ4v) is 12.0. The van der Waals surface area contributed by atoms with E-state index in [0.717, 1.165) is 11.1 Å². The molecule has 1 saturated heterocycles. The van der Waals surface area contributed by atoms with E-state index in [1.165, 1.54) is 60.4 Å². The summed E-state index contributed by atoms with van der Waals surface area (Å²) in [4.78, 5) is 121. The highest BCUT2D eigenvalue weighted by Gasteiger charge is 2.40. The first-order valence-corrected chi connectivity index (χ1v) is 30.4. The number of halogens is 2. The Balaban J connectivity index is 1.07. The second-order valence-electron chi connectivity index (χ2n) is 21.0. The number of unbranched alkanes of at least 4 members (excludes halogenated alkanes) is 1. The number of rotatable bonds is 10. The van der Waals surface area contributed by atoms with Gasteiger partial charge in [-0.2, -0.15) is 23.5 Å². The van der Waals surface area contributed by atoms with E-state index in [0.29, 0.717) is 87.3 Å². The van der Waals surface area contributed by atoms with Crippen LogP contribution in [0, 0.1) is 11.6 Å². The van der Waals surface area contributed by atoms with Crippen molar-refractivity contribution in [1.82, 2.24) is 52.1 Å². The zero-order valence-electron chi connectivity index (χ0n) is 46.5. The number of phenols is 1. The molecule has 2 aromatic heterocycles. The molecule has 0 spiro atoms. The minimum atomic E-state index is -1.47. The van der Waals surface area contributed by atoms with Crippen molar-refractivity contribution in [2.45, 2.75) is 112 Å².